The highest BCUT2D eigenvalue weighted by molar-refractivity contribution is 7.99. The first-order chi connectivity index (χ1) is 9.11. The van der Waals surface area contributed by atoms with Gasteiger partial charge in [0, 0.05) is 19.1 Å². The molecule has 8 heteroatoms. The minimum Gasteiger partial charge on any atom is -0.481 e. The van der Waals surface area contributed by atoms with E-state index in [0.29, 0.717) is 23.6 Å². The molecule has 1 aromatic rings. The molecule has 1 fully saturated rings. The molecular weight excluding hydrogens is 268 g/mol. The van der Waals surface area contributed by atoms with Gasteiger partial charge in [-0.3, -0.25) is 9.36 Å². The largest absolute Gasteiger partial charge is 0.481 e. The number of carboxylic acids is 1. The van der Waals surface area contributed by atoms with Crippen molar-refractivity contribution in [2.24, 2.45) is 5.92 Å². The summed E-state index contributed by atoms with van der Waals surface area (Å²) in [6, 6.07) is 0. The van der Waals surface area contributed by atoms with Crippen molar-refractivity contribution in [3.05, 3.63) is 0 Å². The van der Waals surface area contributed by atoms with Crippen LogP contribution in [0, 0.1) is 5.92 Å². The third kappa shape index (κ3) is 3.38. The second-order valence-electron chi connectivity index (χ2n) is 4.50. The summed E-state index contributed by atoms with van der Waals surface area (Å²) >= 11 is 1.14. The van der Waals surface area contributed by atoms with Crippen molar-refractivity contribution in [1.29, 1.82) is 0 Å². The first kappa shape index (κ1) is 14.1. The summed E-state index contributed by atoms with van der Waals surface area (Å²) in [5.41, 5.74) is 5.80. The van der Waals surface area contributed by atoms with Crippen molar-refractivity contribution >= 4 is 23.7 Å². The lowest BCUT2D eigenvalue weighted by Crippen LogP contribution is -2.21. The Bertz CT molecular complexity index is 451. The Kier molecular flexibility index (Phi) is 4.65. The zero-order chi connectivity index (χ0) is 13.8. The van der Waals surface area contributed by atoms with Crippen molar-refractivity contribution in [3.63, 3.8) is 0 Å². The van der Waals surface area contributed by atoms with Gasteiger partial charge in [0.25, 0.3) is 0 Å². The molecule has 1 aliphatic rings. The topological polar surface area (TPSA) is 103 Å². The summed E-state index contributed by atoms with van der Waals surface area (Å²) in [4.78, 5) is 10.6. The highest BCUT2D eigenvalue weighted by Gasteiger charge is 2.28. The molecule has 0 spiro atoms. The number of thioether (sulfide) groups is 1. The van der Waals surface area contributed by atoms with Gasteiger partial charge in [0.15, 0.2) is 5.16 Å². The van der Waals surface area contributed by atoms with Gasteiger partial charge >= 0.3 is 5.97 Å². The van der Waals surface area contributed by atoms with Crippen LogP contribution in [0.1, 0.15) is 19.8 Å². The van der Waals surface area contributed by atoms with Crippen molar-refractivity contribution in [2.45, 2.75) is 37.6 Å². The molecule has 2 unspecified atom stereocenters. The molecule has 0 saturated carbocycles. The van der Waals surface area contributed by atoms with E-state index >= 15 is 0 Å². The predicted octanol–water partition coefficient (Wildman–Crippen LogP) is 0.852. The molecule has 0 aliphatic carbocycles. The first-order valence-corrected chi connectivity index (χ1v) is 7.25. The van der Waals surface area contributed by atoms with Crippen LogP contribution in [0.5, 0.6) is 0 Å². The van der Waals surface area contributed by atoms with Crippen LogP contribution in [-0.4, -0.2) is 44.3 Å². The molecule has 3 N–H and O–H groups in total. The zero-order valence-electron chi connectivity index (χ0n) is 10.8. The zero-order valence-corrected chi connectivity index (χ0v) is 11.6. The fourth-order valence-electron chi connectivity index (χ4n) is 2.29. The summed E-state index contributed by atoms with van der Waals surface area (Å²) in [5.74, 6) is -0.216. The highest BCUT2D eigenvalue weighted by Crippen LogP contribution is 2.28. The number of ether oxygens (including phenoxy) is 1. The molecule has 0 radical (unpaired) electrons. The van der Waals surface area contributed by atoms with E-state index in [-0.39, 0.29) is 11.9 Å². The lowest BCUT2D eigenvalue weighted by atomic mass is 10.00. The summed E-state index contributed by atoms with van der Waals surface area (Å²) < 4.78 is 7.43. The molecule has 19 heavy (non-hydrogen) atoms. The molecule has 2 rings (SSSR count). The van der Waals surface area contributed by atoms with E-state index < -0.39 is 5.97 Å². The standard InChI is InChI=1S/C11H18N4O3S/c1-2-8-7(3-4-18-8)5-15-10(12)13-14-11(15)19-6-9(16)17/h7-8H,2-6H2,1H3,(H2,12,13)(H,16,17). The van der Waals surface area contributed by atoms with Gasteiger partial charge in [0.05, 0.1) is 11.9 Å². The van der Waals surface area contributed by atoms with Crippen molar-refractivity contribution in [1.82, 2.24) is 14.8 Å². The maximum absolute atomic E-state index is 10.6. The van der Waals surface area contributed by atoms with E-state index in [1.165, 1.54) is 0 Å². The van der Waals surface area contributed by atoms with Crippen LogP contribution >= 0.6 is 11.8 Å². The van der Waals surface area contributed by atoms with E-state index in [9.17, 15) is 4.79 Å². The number of rotatable bonds is 6. The number of hydrogen-bond donors (Lipinski definition) is 2. The maximum atomic E-state index is 10.6. The number of aliphatic carboxylic acids is 1. The molecule has 0 amide bonds. The SMILES string of the molecule is CCC1OCCC1Cn1c(N)nnc1SCC(=O)O. The second-order valence-corrected chi connectivity index (χ2v) is 5.44. The number of hydrogen-bond acceptors (Lipinski definition) is 6. The first-order valence-electron chi connectivity index (χ1n) is 6.26. The summed E-state index contributed by atoms with van der Waals surface area (Å²) in [6.07, 6.45) is 2.18. The minimum atomic E-state index is -0.881. The van der Waals surface area contributed by atoms with Gasteiger partial charge in [-0.25, -0.2) is 0 Å². The van der Waals surface area contributed by atoms with Gasteiger partial charge < -0.3 is 15.6 Å². The Morgan fingerprint density at radius 1 is 1.63 bits per heavy atom. The summed E-state index contributed by atoms with van der Waals surface area (Å²) in [6.45, 7) is 3.54. The lowest BCUT2D eigenvalue weighted by Gasteiger charge is -2.18. The Morgan fingerprint density at radius 2 is 2.42 bits per heavy atom. The summed E-state index contributed by atoms with van der Waals surface area (Å²) in [7, 11) is 0. The van der Waals surface area contributed by atoms with Crippen LogP contribution in [-0.2, 0) is 16.1 Å². The van der Waals surface area contributed by atoms with Gasteiger partial charge in [0.2, 0.25) is 5.95 Å². The fraction of sp³-hybridized carbons (Fsp3) is 0.727. The number of aromatic nitrogens is 3. The highest BCUT2D eigenvalue weighted by atomic mass is 32.2. The molecule has 106 valence electrons. The van der Waals surface area contributed by atoms with Crippen LogP contribution in [0.2, 0.25) is 0 Å². The quantitative estimate of drug-likeness (QED) is 0.747. The average Bonchev–Trinajstić information content (AvgIpc) is 2.96. The second kappa shape index (κ2) is 6.25. The van der Waals surface area contributed by atoms with Crippen LogP contribution in [0.4, 0.5) is 5.95 Å². The van der Waals surface area contributed by atoms with Gasteiger partial charge in [-0.1, -0.05) is 18.7 Å². The fourth-order valence-corrected chi connectivity index (χ4v) is 2.97. The van der Waals surface area contributed by atoms with Crippen molar-refractivity contribution < 1.29 is 14.6 Å². The molecule has 2 heterocycles. The minimum absolute atomic E-state index is 0.0451. The molecule has 2 atom stereocenters. The van der Waals surface area contributed by atoms with E-state index in [2.05, 4.69) is 17.1 Å². The van der Waals surface area contributed by atoms with Gasteiger partial charge in [-0.15, -0.1) is 10.2 Å². The average molecular weight is 286 g/mol. The number of nitrogens with two attached hydrogens (primary N) is 1. The molecule has 7 nitrogen and oxygen atoms in total. The maximum Gasteiger partial charge on any atom is 0.313 e. The van der Waals surface area contributed by atoms with Gasteiger partial charge in [-0.2, -0.15) is 0 Å². The molecule has 0 bridgehead atoms. The van der Waals surface area contributed by atoms with Crippen LogP contribution in [0.15, 0.2) is 5.16 Å². The van der Waals surface area contributed by atoms with E-state index in [0.717, 1.165) is 31.2 Å². The Balaban J connectivity index is 2.06. The molecule has 1 aromatic heterocycles. The number of nitrogens with zero attached hydrogens (tertiary/aromatic N) is 3. The Morgan fingerprint density at radius 3 is 3.11 bits per heavy atom. The van der Waals surface area contributed by atoms with E-state index in [1.54, 1.807) is 4.57 Å². The number of carboxylic acid groups (broad SMARTS) is 1. The van der Waals surface area contributed by atoms with Crippen LogP contribution in [0.3, 0.4) is 0 Å². The van der Waals surface area contributed by atoms with Crippen LogP contribution in [0.25, 0.3) is 0 Å². The van der Waals surface area contributed by atoms with Crippen molar-refractivity contribution in [2.75, 3.05) is 18.1 Å². The van der Waals surface area contributed by atoms with Crippen LogP contribution < -0.4 is 5.73 Å². The smallest absolute Gasteiger partial charge is 0.313 e. The number of carbonyl (C=O) groups is 1. The molecule has 0 aromatic carbocycles. The normalized spacial score (nSPS) is 22.8. The molecule has 1 aliphatic heterocycles. The molecular formula is C11H18N4O3S. The van der Waals surface area contributed by atoms with Crippen molar-refractivity contribution in [3.8, 4) is 0 Å². The Hall–Kier alpha value is -1.28. The third-order valence-corrected chi connectivity index (χ3v) is 4.19. The van der Waals surface area contributed by atoms with E-state index in [1.807, 2.05) is 0 Å². The third-order valence-electron chi connectivity index (χ3n) is 3.24. The number of nitrogen functional groups attached to an aromatic ring is 1. The lowest BCUT2D eigenvalue weighted by molar-refractivity contribution is -0.133. The predicted molar refractivity (Wildman–Crippen MR) is 70.9 cm³/mol. The van der Waals surface area contributed by atoms with Gasteiger partial charge in [-0.05, 0) is 12.8 Å². The Labute approximate surface area is 115 Å². The summed E-state index contributed by atoms with van der Waals surface area (Å²) in [5, 5.41) is 17.0. The molecule has 1 saturated heterocycles. The van der Waals surface area contributed by atoms with E-state index in [4.69, 9.17) is 15.6 Å². The number of anilines is 1. The van der Waals surface area contributed by atoms with Gasteiger partial charge in [0.1, 0.15) is 0 Å². The monoisotopic (exact) mass is 286 g/mol.